The molecule has 3 heteroatoms. The molecule has 1 fully saturated rings. The second-order valence-corrected chi connectivity index (χ2v) is 6.60. The summed E-state index contributed by atoms with van der Waals surface area (Å²) in [5, 5.41) is 3.60. The molecule has 0 saturated carbocycles. The van der Waals surface area contributed by atoms with Gasteiger partial charge >= 0.3 is 0 Å². The van der Waals surface area contributed by atoms with E-state index in [0.29, 0.717) is 18.1 Å². The molecule has 0 amide bonds. The highest BCUT2D eigenvalue weighted by atomic mass is 16.5. The third-order valence-corrected chi connectivity index (χ3v) is 4.16. The third-order valence-electron chi connectivity index (χ3n) is 4.16. The van der Waals surface area contributed by atoms with Crippen LogP contribution >= 0.6 is 0 Å². The fraction of sp³-hybridized carbons (Fsp3) is 1.00. The van der Waals surface area contributed by atoms with Crippen LogP contribution in [-0.4, -0.2) is 48.8 Å². The van der Waals surface area contributed by atoms with Crippen LogP contribution in [0.5, 0.6) is 0 Å². The van der Waals surface area contributed by atoms with E-state index in [1.807, 2.05) is 7.11 Å². The Morgan fingerprint density at radius 1 is 1.33 bits per heavy atom. The zero-order valence-corrected chi connectivity index (χ0v) is 13.1. The van der Waals surface area contributed by atoms with Crippen LogP contribution in [0.25, 0.3) is 0 Å². The lowest BCUT2D eigenvalue weighted by atomic mass is 9.97. The van der Waals surface area contributed by atoms with Crippen LogP contribution in [-0.2, 0) is 4.74 Å². The Bertz CT molecular complexity index is 235. The van der Waals surface area contributed by atoms with Crippen LogP contribution in [0.3, 0.4) is 0 Å². The van der Waals surface area contributed by atoms with Crippen molar-refractivity contribution in [3.63, 3.8) is 0 Å². The van der Waals surface area contributed by atoms with Crippen molar-refractivity contribution in [3.05, 3.63) is 0 Å². The van der Waals surface area contributed by atoms with Gasteiger partial charge in [0.25, 0.3) is 0 Å². The van der Waals surface area contributed by atoms with Crippen LogP contribution < -0.4 is 5.32 Å². The predicted molar refractivity (Wildman–Crippen MR) is 78.0 cm³/mol. The van der Waals surface area contributed by atoms with Gasteiger partial charge in [0, 0.05) is 31.8 Å². The number of ether oxygens (including phenoxy) is 1. The Kier molecular flexibility index (Phi) is 6.09. The number of methoxy groups -OCH3 is 1. The molecule has 108 valence electrons. The number of nitrogens with zero attached hydrogens (tertiary/aromatic N) is 1. The minimum Gasteiger partial charge on any atom is -0.379 e. The first-order valence-electron chi connectivity index (χ1n) is 7.40. The van der Waals surface area contributed by atoms with E-state index in [1.165, 1.54) is 25.9 Å². The van der Waals surface area contributed by atoms with Gasteiger partial charge in [-0.25, -0.2) is 0 Å². The van der Waals surface area contributed by atoms with E-state index in [1.54, 1.807) is 0 Å². The second-order valence-electron chi connectivity index (χ2n) is 6.60. The molecule has 0 aromatic rings. The van der Waals surface area contributed by atoms with Gasteiger partial charge in [0.15, 0.2) is 0 Å². The first-order chi connectivity index (χ1) is 8.35. The van der Waals surface area contributed by atoms with E-state index in [2.05, 4.69) is 44.8 Å². The molecule has 0 bridgehead atoms. The van der Waals surface area contributed by atoms with Gasteiger partial charge < -0.3 is 10.1 Å². The van der Waals surface area contributed by atoms with Crippen molar-refractivity contribution in [2.24, 2.45) is 0 Å². The van der Waals surface area contributed by atoms with E-state index >= 15 is 0 Å². The molecule has 2 unspecified atom stereocenters. The normalized spacial score (nSPS) is 23.0. The lowest BCUT2D eigenvalue weighted by molar-refractivity contribution is -0.0115. The van der Waals surface area contributed by atoms with Gasteiger partial charge in [-0.1, -0.05) is 0 Å². The summed E-state index contributed by atoms with van der Waals surface area (Å²) in [7, 11) is 1.81. The summed E-state index contributed by atoms with van der Waals surface area (Å²) < 4.78 is 5.57. The van der Waals surface area contributed by atoms with Crippen LogP contribution in [0, 0.1) is 0 Å². The Morgan fingerprint density at radius 2 is 2.00 bits per heavy atom. The first-order valence-corrected chi connectivity index (χ1v) is 7.40. The predicted octanol–water partition coefficient (Wildman–Crippen LogP) is 2.65. The van der Waals surface area contributed by atoms with Crippen molar-refractivity contribution < 1.29 is 4.74 Å². The first kappa shape index (κ1) is 15.9. The van der Waals surface area contributed by atoms with Crippen molar-refractivity contribution in [2.45, 2.75) is 77.6 Å². The lowest BCUT2D eigenvalue weighted by Gasteiger charge is -2.38. The van der Waals surface area contributed by atoms with Crippen molar-refractivity contribution >= 4 is 0 Å². The maximum Gasteiger partial charge on any atom is 0.0637 e. The topological polar surface area (TPSA) is 24.5 Å². The SMILES string of the molecule is COC(C)(C)CC(C)N(CC1CCCN1)C(C)C. The van der Waals surface area contributed by atoms with Crippen LogP contribution in [0.1, 0.15) is 53.9 Å². The van der Waals surface area contributed by atoms with Crippen LogP contribution in [0.4, 0.5) is 0 Å². The second kappa shape index (κ2) is 6.88. The molecule has 1 saturated heterocycles. The fourth-order valence-corrected chi connectivity index (χ4v) is 2.98. The average molecular weight is 256 g/mol. The molecule has 1 aliphatic heterocycles. The van der Waals surface area contributed by atoms with Gasteiger partial charge in [-0.05, 0) is 60.4 Å². The molecule has 1 rings (SSSR count). The summed E-state index contributed by atoms with van der Waals surface area (Å²) in [6.07, 6.45) is 3.73. The van der Waals surface area contributed by atoms with Gasteiger partial charge in [0.05, 0.1) is 5.60 Å². The Balaban J connectivity index is 2.54. The maximum atomic E-state index is 5.57. The molecule has 3 nitrogen and oxygen atoms in total. The van der Waals surface area contributed by atoms with E-state index in [-0.39, 0.29) is 5.60 Å². The minimum absolute atomic E-state index is 0.0321. The van der Waals surface area contributed by atoms with Crippen LogP contribution in [0.15, 0.2) is 0 Å². The highest BCUT2D eigenvalue weighted by Crippen LogP contribution is 2.21. The summed E-state index contributed by atoms with van der Waals surface area (Å²) in [5.74, 6) is 0. The Morgan fingerprint density at radius 3 is 2.44 bits per heavy atom. The molecule has 0 aromatic carbocycles. The number of nitrogens with one attached hydrogen (secondary N) is 1. The molecular formula is C15H32N2O. The van der Waals surface area contributed by atoms with Crippen molar-refractivity contribution in [1.29, 1.82) is 0 Å². The fourth-order valence-electron chi connectivity index (χ4n) is 2.98. The Hall–Kier alpha value is -0.120. The standard InChI is InChI=1S/C15H32N2O/c1-12(2)17(11-14-8-7-9-16-14)13(3)10-15(4,5)18-6/h12-14,16H,7-11H2,1-6H3. The molecule has 18 heavy (non-hydrogen) atoms. The van der Waals surface area contributed by atoms with Crippen LogP contribution in [0.2, 0.25) is 0 Å². The highest BCUT2D eigenvalue weighted by Gasteiger charge is 2.28. The molecule has 1 aliphatic rings. The lowest BCUT2D eigenvalue weighted by Crippen LogP contribution is -2.48. The molecule has 0 aliphatic carbocycles. The quantitative estimate of drug-likeness (QED) is 0.758. The molecule has 2 atom stereocenters. The van der Waals surface area contributed by atoms with E-state index in [9.17, 15) is 0 Å². The van der Waals surface area contributed by atoms with Gasteiger partial charge in [-0.15, -0.1) is 0 Å². The summed E-state index contributed by atoms with van der Waals surface area (Å²) in [6.45, 7) is 13.6. The van der Waals surface area contributed by atoms with E-state index in [4.69, 9.17) is 4.74 Å². The summed E-state index contributed by atoms with van der Waals surface area (Å²) in [4.78, 5) is 2.61. The molecule has 0 radical (unpaired) electrons. The number of rotatable bonds is 7. The summed E-state index contributed by atoms with van der Waals surface area (Å²) in [5.41, 5.74) is -0.0321. The van der Waals surface area contributed by atoms with Crippen molar-refractivity contribution in [3.8, 4) is 0 Å². The zero-order valence-electron chi connectivity index (χ0n) is 13.1. The third kappa shape index (κ3) is 4.87. The largest absolute Gasteiger partial charge is 0.379 e. The van der Waals surface area contributed by atoms with Gasteiger partial charge in [-0.2, -0.15) is 0 Å². The molecule has 1 N–H and O–H groups in total. The zero-order chi connectivity index (χ0) is 13.8. The van der Waals surface area contributed by atoms with Gasteiger partial charge in [0.2, 0.25) is 0 Å². The van der Waals surface area contributed by atoms with E-state index in [0.717, 1.165) is 6.42 Å². The molecule has 0 aromatic heterocycles. The number of hydrogen-bond acceptors (Lipinski definition) is 3. The van der Waals surface area contributed by atoms with Crippen molar-refractivity contribution in [2.75, 3.05) is 20.2 Å². The van der Waals surface area contributed by atoms with Gasteiger partial charge in [-0.3, -0.25) is 4.90 Å². The number of hydrogen-bond donors (Lipinski definition) is 1. The molecule has 1 heterocycles. The monoisotopic (exact) mass is 256 g/mol. The Labute approximate surface area is 113 Å². The van der Waals surface area contributed by atoms with E-state index < -0.39 is 0 Å². The highest BCUT2D eigenvalue weighted by molar-refractivity contribution is 4.84. The maximum absolute atomic E-state index is 5.57. The smallest absolute Gasteiger partial charge is 0.0637 e. The molecular weight excluding hydrogens is 224 g/mol. The van der Waals surface area contributed by atoms with Gasteiger partial charge in [0.1, 0.15) is 0 Å². The average Bonchev–Trinajstić information content (AvgIpc) is 2.77. The summed E-state index contributed by atoms with van der Waals surface area (Å²) in [6, 6.07) is 1.83. The summed E-state index contributed by atoms with van der Waals surface area (Å²) >= 11 is 0. The minimum atomic E-state index is -0.0321. The van der Waals surface area contributed by atoms with Crippen molar-refractivity contribution in [1.82, 2.24) is 10.2 Å². The molecule has 0 spiro atoms.